The topological polar surface area (TPSA) is 96.3 Å². The van der Waals surface area contributed by atoms with Crippen LogP contribution in [-0.4, -0.2) is 60.4 Å². The molecule has 1 aromatic rings. The van der Waals surface area contributed by atoms with E-state index in [1.165, 1.54) is 0 Å². The molecule has 116 valence electrons. The second kappa shape index (κ2) is 6.44. The Labute approximate surface area is 124 Å². The fourth-order valence-electron chi connectivity index (χ4n) is 2.63. The maximum absolute atomic E-state index is 12.1. The molecule has 1 aliphatic heterocycles. The summed E-state index contributed by atoms with van der Waals surface area (Å²) in [5.41, 5.74) is 7.77. The molecule has 7 heteroatoms. The van der Waals surface area contributed by atoms with E-state index in [1.807, 2.05) is 0 Å². The SMILES string of the molecule is Nc1c(C(=O)NCCCN2CCOCC2)n[nH]c1C1CC1. The van der Waals surface area contributed by atoms with Crippen LogP contribution in [-0.2, 0) is 4.74 Å². The molecular weight excluding hydrogens is 270 g/mol. The molecule has 1 aliphatic carbocycles. The first kappa shape index (κ1) is 14.3. The predicted octanol–water partition coefficient (Wildman–Crippen LogP) is 0.321. The van der Waals surface area contributed by atoms with Crippen molar-refractivity contribution in [3.8, 4) is 0 Å². The minimum absolute atomic E-state index is 0.183. The van der Waals surface area contributed by atoms with Gasteiger partial charge in [0.05, 0.1) is 24.6 Å². The van der Waals surface area contributed by atoms with Gasteiger partial charge >= 0.3 is 0 Å². The van der Waals surface area contributed by atoms with E-state index in [0.717, 1.165) is 57.8 Å². The third-order valence-corrected chi connectivity index (χ3v) is 4.07. The van der Waals surface area contributed by atoms with Crippen LogP contribution in [0, 0.1) is 0 Å². The summed E-state index contributed by atoms with van der Waals surface area (Å²) in [5.74, 6) is 0.290. The summed E-state index contributed by atoms with van der Waals surface area (Å²) in [6.07, 6.45) is 3.19. The molecule has 0 radical (unpaired) electrons. The fraction of sp³-hybridized carbons (Fsp3) is 0.714. The average Bonchev–Trinajstić information content (AvgIpc) is 3.27. The van der Waals surface area contributed by atoms with Crippen molar-refractivity contribution in [1.29, 1.82) is 0 Å². The number of nitrogen functional groups attached to an aromatic ring is 1. The monoisotopic (exact) mass is 293 g/mol. The van der Waals surface area contributed by atoms with Gasteiger partial charge < -0.3 is 15.8 Å². The molecule has 0 bridgehead atoms. The maximum atomic E-state index is 12.1. The van der Waals surface area contributed by atoms with Crippen LogP contribution < -0.4 is 11.1 Å². The van der Waals surface area contributed by atoms with E-state index in [1.54, 1.807) is 0 Å². The van der Waals surface area contributed by atoms with Crippen LogP contribution in [0.3, 0.4) is 0 Å². The highest BCUT2D eigenvalue weighted by Gasteiger charge is 2.30. The summed E-state index contributed by atoms with van der Waals surface area (Å²) < 4.78 is 5.30. The van der Waals surface area contributed by atoms with Crippen molar-refractivity contribution in [2.24, 2.45) is 0 Å². The van der Waals surface area contributed by atoms with Crippen LogP contribution in [0.5, 0.6) is 0 Å². The number of morpholine rings is 1. The van der Waals surface area contributed by atoms with Crippen LogP contribution in [0.15, 0.2) is 0 Å². The number of nitrogens with one attached hydrogen (secondary N) is 2. The number of carbonyl (C=O) groups is 1. The van der Waals surface area contributed by atoms with Crippen LogP contribution >= 0.6 is 0 Å². The third kappa shape index (κ3) is 3.54. The zero-order chi connectivity index (χ0) is 14.7. The zero-order valence-corrected chi connectivity index (χ0v) is 12.2. The number of carbonyl (C=O) groups excluding carboxylic acids is 1. The van der Waals surface area contributed by atoms with Crippen molar-refractivity contribution in [2.45, 2.75) is 25.2 Å². The Morgan fingerprint density at radius 2 is 2.19 bits per heavy atom. The number of ether oxygens (including phenoxy) is 1. The average molecular weight is 293 g/mol. The molecule has 1 aromatic heterocycles. The van der Waals surface area contributed by atoms with Gasteiger partial charge in [-0.25, -0.2) is 0 Å². The first-order valence-electron chi connectivity index (χ1n) is 7.67. The minimum Gasteiger partial charge on any atom is -0.395 e. The van der Waals surface area contributed by atoms with Crippen molar-refractivity contribution < 1.29 is 9.53 Å². The Balaban J connectivity index is 1.41. The van der Waals surface area contributed by atoms with Crippen LogP contribution in [0.25, 0.3) is 0 Å². The molecule has 0 aromatic carbocycles. The molecule has 1 saturated carbocycles. The molecule has 21 heavy (non-hydrogen) atoms. The number of aromatic amines is 1. The molecule has 0 spiro atoms. The number of nitrogens with two attached hydrogens (primary N) is 1. The third-order valence-electron chi connectivity index (χ3n) is 4.07. The summed E-state index contributed by atoms with van der Waals surface area (Å²) in [6, 6.07) is 0. The van der Waals surface area contributed by atoms with Gasteiger partial charge in [0.1, 0.15) is 0 Å². The number of aromatic nitrogens is 2. The van der Waals surface area contributed by atoms with E-state index in [9.17, 15) is 4.79 Å². The molecule has 2 aliphatic rings. The highest BCUT2D eigenvalue weighted by atomic mass is 16.5. The first-order valence-corrected chi connectivity index (χ1v) is 7.67. The van der Waals surface area contributed by atoms with E-state index >= 15 is 0 Å². The highest BCUT2D eigenvalue weighted by molar-refractivity contribution is 5.97. The Morgan fingerprint density at radius 3 is 2.90 bits per heavy atom. The number of rotatable bonds is 6. The Bertz CT molecular complexity index is 492. The molecule has 1 saturated heterocycles. The second-order valence-corrected chi connectivity index (χ2v) is 5.74. The molecule has 1 amide bonds. The molecular formula is C14H23N5O2. The Morgan fingerprint density at radius 1 is 1.43 bits per heavy atom. The molecule has 4 N–H and O–H groups in total. The van der Waals surface area contributed by atoms with Crippen molar-refractivity contribution >= 4 is 11.6 Å². The normalized spacial score (nSPS) is 19.6. The van der Waals surface area contributed by atoms with Gasteiger partial charge in [-0.3, -0.25) is 14.8 Å². The lowest BCUT2D eigenvalue weighted by Crippen LogP contribution is -2.38. The van der Waals surface area contributed by atoms with E-state index in [0.29, 0.717) is 23.8 Å². The molecule has 0 atom stereocenters. The zero-order valence-electron chi connectivity index (χ0n) is 12.2. The lowest BCUT2D eigenvalue weighted by atomic mass is 10.2. The van der Waals surface area contributed by atoms with Gasteiger partial charge in [-0.2, -0.15) is 5.10 Å². The Hall–Kier alpha value is -1.60. The lowest BCUT2D eigenvalue weighted by molar-refractivity contribution is 0.0374. The number of amides is 1. The number of hydrogen-bond acceptors (Lipinski definition) is 5. The van der Waals surface area contributed by atoms with Crippen molar-refractivity contribution in [2.75, 3.05) is 45.1 Å². The van der Waals surface area contributed by atoms with E-state index in [4.69, 9.17) is 10.5 Å². The van der Waals surface area contributed by atoms with E-state index in [-0.39, 0.29) is 5.91 Å². The number of nitrogens with zero attached hydrogens (tertiary/aromatic N) is 2. The number of anilines is 1. The molecule has 2 fully saturated rings. The van der Waals surface area contributed by atoms with Gasteiger partial charge in [-0.1, -0.05) is 0 Å². The molecule has 0 unspecified atom stereocenters. The van der Waals surface area contributed by atoms with Crippen molar-refractivity contribution in [1.82, 2.24) is 20.4 Å². The minimum atomic E-state index is -0.183. The smallest absolute Gasteiger partial charge is 0.273 e. The van der Waals surface area contributed by atoms with Crippen molar-refractivity contribution in [3.05, 3.63) is 11.4 Å². The summed E-state index contributed by atoms with van der Waals surface area (Å²) >= 11 is 0. The summed E-state index contributed by atoms with van der Waals surface area (Å²) in [4.78, 5) is 14.4. The van der Waals surface area contributed by atoms with Gasteiger partial charge in [-0.05, 0) is 25.8 Å². The number of H-pyrrole nitrogens is 1. The summed E-state index contributed by atoms with van der Waals surface area (Å²) in [5, 5.41) is 9.85. The van der Waals surface area contributed by atoms with Crippen LogP contribution in [0.4, 0.5) is 5.69 Å². The van der Waals surface area contributed by atoms with E-state index in [2.05, 4.69) is 20.4 Å². The van der Waals surface area contributed by atoms with Crippen molar-refractivity contribution in [3.63, 3.8) is 0 Å². The van der Waals surface area contributed by atoms with Crippen LogP contribution in [0.1, 0.15) is 41.4 Å². The standard InChI is InChI=1S/C14H23N5O2/c15-11-12(10-2-3-10)17-18-13(11)14(20)16-4-1-5-19-6-8-21-9-7-19/h10H,1-9,15H2,(H,16,20)(H,17,18). The molecule has 2 heterocycles. The van der Waals surface area contributed by atoms with Gasteiger partial charge in [0.15, 0.2) is 5.69 Å². The van der Waals surface area contributed by atoms with Gasteiger partial charge in [0.2, 0.25) is 0 Å². The van der Waals surface area contributed by atoms with Gasteiger partial charge in [-0.15, -0.1) is 0 Å². The fourth-order valence-corrected chi connectivity index (χ4v) is 2.63. The lowest BCUT2D eigenvalue weighted by Gasteiger charge is -2.26. The van der Waals surface area contributed by atoms with E-state index < -0.39 is 0 Å². The maximum Gasteiger partial charge on any atom is 0.273 e. The van der Waals surface area contributed by atoms with Gasteiger partial charge in [0.25, 0.3) is 5.91 Å². The van der Waals surface area contributed by atoms with Crippen LogP contribution in [0.2, 0.25) is 0 Å². The summed E-state index contributed by atoms with van der Waals surface area (Å²) in [6.45, 7) is 5.19. The molecule has 3 rings (SSSR count). The Kier molecular flexibility index (Phi) is 4.40. The highest BCUT2D eigenvalue weighted by Crippen LogP contribution is 2.42. The largest absolute Gasteiger partial charge is 0.395 e. The predicted molar refractivity (Wildman–Crippen MR) is 79.2 cm³/mol. The summed E-state index contributed by atoms with van der Waals surface area (Å²) in [7, 11) is 0. The first-order chi connectivity index (χ1) is 10.3. The number of hydrogen-bond donors (Lipinski definition) is 3. The quantitative estimate of drug-likeness (QED) is 0.657. The second-order valence-electron chi connectivity index (χ2n) is 5.74. The van der Waals surface area contributed by atoms with Gasteiger partial charge in [0, 0.05) is 25.6 Å². The molecule has 7 nitrogen and oxygen atoms in total.